The van der Waals surface area contributed by atoms with E-state index in [0.717, 1.165) is 16.5 Å². The predicted molar refractivity (Wildman–Crippen MR) is 95.0 cm³/mol. The number of rotatable bonds is 4. The molecule has 27 heavy (non-hydrogen) atoms. The minimum atomic E-state index is -4.77. The van der Waals surface area contributed by atoms with Crippen LogP contribution in [0.4, 0.5) is 18.9 Å². The third-order valence-corrected chi connectivity index (χ3v) is 5.90. The van der Waals surface area contributed by atoms with E-state index in [1.54, 1.807) is 18.6 Å². The number of halogens is 3. The molecule has 1 atom stereocenters. The number of alkyl halides is 3. The van der Waals surface area contributed by atoms with Gasteiger partial charge < -0.3 is 9.88 Å². The molecule has 1 aliphatic heterocycles. The summed E-state index contributed by atoms with van der Waals surface area (Å²) in [6.07, 6.45) is 0.711. The van der Waals surface area contributed by atoms with Crippen molar-refractivity contribution in [1.82, 2.24) is 19.7 Å². The smallest absolute Gasteiger partial charge is 0.369 e. The van der Waals surface area contributed by atoms with E-state index >= 15 is 0 Å². The second kappa shape index (κ2) is 6.34. The number of nitrogens with one attached hydrogen (secondary N) is 2. The first-order chi connectivity index (χ1) is 12.7. The molecule has 4 rings (SSSR count). The lowest BCUT2D eigenvalue weighted by molar-refractivity contribution is -0.106. The molecule has 3 aromatic heterocycles. The van der Waals surface area contributed by atoms with Crippen molar-refractivity contribution in [2.24, 2.45) is 0 Å². The van der Waals surface area contributed by atoms with Crippen LogP contribution in [0.2, 0.25) is 0 Å². The monoisotopic (exact) mass is 399 g/mol. The van der Waals surface area contributed by atoms with Gasteiger partial charge in [0.05, 0.1) is 11.7 Å². The molecule has 0 radical (unpaired) electrons. The molecule has 4 heterocycles. The van der Waals surface area contributed by atoms with Gasteiger partial charge in [0.15, 0.2) is 5.75 Å². The fourth-order valence-corrected chi connectivity index (χ4v) is 4.70. The maximum atomic E-state index is 12.4. The highest BCUT2D eigenvalue weighted by Gasteiger charge is 2.37. The maximum absolute atomic E-state index is 12.4. The number of hydrogen-bond donors (Lipinski definition) is 2. The Bertz CT molecular complexity index is 1100. The first-order valence-corrected chi connectivity index (χ1v) is 9.90. The average molecular weight is 399 g/mol. The molecule has 1 fully saturated rings. The van der Waals surface area contributed by atoms with E-state index in [1.165, 1.54) is 0 Å². The molecule has 0 spiro atoms. The van der Waals surface area contributed by atoms with Gasteiger partial charge in [-0.25, -0.2) is 18.1 Å². The Morgan fingerprint density at radius 2 is 2.11 bits per heavy atom. The fraction of sp³-hybridized carbons (Fsp3) is 0.375. The number of sulfonamides is 1. The Morgan fingerprint density at radius 1 is 1.30 bits per heavy atom. The largest absolute Gasteiger partial charge is 0.404 e. The van der Waals surface area contributed by atoms with Gasteiger partial charge in [-0.3, -0.25) is 4.98 Å². The van der Waals surface area contributed by atoms with Crippen LogP contribution in [0.3, 0.4) is 0 Å². The van der Waals surface area contributed by atoms with Crippen LogP contribution in [0, 0.1) is 0 Å². The summed E-state index contributed by atoms with van der Waals surface area (Å²) in [7, 11) is -4.43. The van der Waals surface area contributed by atoms with Crippen LogP contribution in [-0.4, -0.2) is 54.4 Å². The third-order valence-electron chi connectivity index (χ3n) is 4.50. The molecule has 0 saturated carbocycles. The van der Waals surface area contributed by atoms with Crippen molar-refractivity contribution >= 4 is 37.6 Å². The van der Waals surface area contributed by atoms with Gasteiger partial charge in [0, 0.05) is 48.0 Å². The summed E-state index contributed by atoms with van der Waals surface area (Å²) in [6.45, 7) is 0.803. The van der Waals surface area contributed by atoms with Gasteiger partial charge in [-0.2, -0.15) is 13.2 Å². The molecular formula is C16H16F3N5O2S. The highest BCUT2D eigenvalue weighted by atomic mass is 32.2. The molecule has 0 amide bonds. The van der Waals surface area contributed by atoms with Gasteiger partial charge in [0.2, 0.25) is 10.0 Å². The maximum Gasteiger partial charge on any atom is 0.404 e. The Hall–Kier alpha value is -2.40. The molecule has 0 bridgehead atoms. The standard InChI is InChI=1S/C16H16F3N5O2S/c17-16(18,19)9-27(25,26)23-10-3-6-24(8-10)13-2-5-20-12-7-22-15-11(14(12)13)1-4-21-15/h1-2,4-5,7,10,23H,3,6,8-9H2,(H,21,22). The van der Waals surface area contributed by atoms with Crippen molar-refractivity contribution in [1.29, 1.82) is 0 Å². The van der Waals surface area contributed by atoms with Crippen molar-refractivity contribution < 1.29 is 21.6 Å². The summed E-state index contributed by atoms with van der Waals surface area (Å²) in [5.74, 6) is -1.87. The summed E-state index contributed by atoms with van der Waals surface area (Å²) >= 11 is 0. The number of nitrogens with zero attached hydrogens (tertiary/aromatic N) is 3. The first kappa shape index (κ1) is 18.0. The summed E-state index contributed by atoms with van der Waals surface area (Å²) in [4.78, 5) is 13.6. The van der Waals surface area contributed by atoms with E-state index in [1.807, 2.05) is 17.0 Å². The average Bonchev–Trinajstić information content (AvgIpc) is 3.20. The first-order valence-electron chi connectivity index (χ1n) is 8.24. The molecule has 144 valence electrons. The van der Waals surface area contributed by atoms with Crippen molar-refractivity contribution in [3.8, 4) is 0 Å². The van der Waals surface area contributed by atoms with Crippen molar-refractivity contribution in [2.75, 3.05) is 23.7 Å². The van der Waals surface area contributed by atoms with E-state index in [2.05, 4.69) is 19.7 Å². The molecular weight excluding hydrogens is 383 g/mol. The van der Waals surface area contributed by atoms with Crippen LogP contribution in [0.15, 0.2) is 30.7 Å². The molecule has 1 saturated heterocycles. The Labute approximate surface area is 152 Å². The number of aromatic amines is 1. The quantitative estimate of drug-likeness (QED) is 0.702. The number of anilines is 1. The molecule has 7 nitrogen and oxygen atoms in total. The zero-order valence-corrected chi connectivity index (χ0v) is 14.8. The number of fused-ring (bicyclic) bond motifs is 3. The lowest BCUT2D eigenvalue weighted by atomic mass is 10.1. The highest BCUT2D eigenvalue weighted by Crippen LogP contribution is 2.33. The minimum absolute atomic E-state index is 0.282. The normalized spacial score (nSPS) is 18.6. The Kier molecular flexibility index (Phi) is 4.22. The molecule has 2 N–H and O–H groups in total. The van der Waals surface area contributed by atoms with Crippen LogP contribution in [0.1, 0.15) is 6.42 Å². The minimum Gasteiger partial charge on any atom is -0.369 e. The van der Waals surface area contributed by atoms with Gasteiger partial charge in [0.1, 0.15) is 5.65 Å². The van der Waals surface area contributed by atoms with Gasteiger partial charge in [-0.15, -0.1) is 0 Å². The second-order valence-electron chi connectivity index (χ2n) is 6.51. The van der Waals surface area contributed by atoms with Crippen LogP contribution >= 0.6 is 0 Å². The zero-order valence-electron chi connectivity index (χ0n) is 14.0. The molecule has 0 aliphatic carbocycles. The lowest BCUT2D eigenvalue weighted by Gasteiger charge is -2.21. The van der Waals surface area contributed by atoms with Crippen LogP contribution in [0.5, 0.6) is 0 Å². The van der Waals surface area contributed by atoms with Crippen molar-refractivity contribution in [2.45, 2.75) is 18.6 Å². The summed E-state index contributed by atoms with van der Waals surface area (Å²) in [5, 5.41) is 1.76. The summed E-state index contributed by atoms with van der Waals surface area (Å²) < 4.78 is 62.9. The SMILES string of the molecule is O=S(=O)(CC(F)(F)F)NC1CCN(c2ccnc3cnc4[nH]ccc4c23)C1. The van der Waals surface area contributed by atoms with E-state index in [-0.39, 0.29) is 6.54 Å². The van der Waals surface area contributed by atoms with Crippen LogP contribution in [0.25, 0.3) is 21.9 Å². The van der Waals surface area contributed by atoms with E-state index in [0.29, 0.717) is 24.1 Å². The Balaban J connectivity index is 1.60. The molecule has 11 heteroatoms. The molecule has 0 aromatic carbocycles. The van der Waals surface area contributed by atoms with Gasteiger partial charge >= 0.3 is 6.18 Å². The summed E-state index contributed by atoms with van der Waals surface area (Å²) in [5.41, 5.74) is 2.25. The molecule has 1 unspecified atom stereocenters. The Morgan fingerprint density at radius 3 is 2.89 bits per heavy atom. The van der Waals surface area contributed by atoms with Crippen molar-refractivity contribution in [3.05, 3.63) is 30.7 Å². The number of aromatic nitrogens is 3. The van der Waals surface area contributed by atoms with Crippen LogP contribution < -0.4 is 9.62 Å². The third kappa shape index (κ3) is 3.69. The zero-order chi connectivity index (χ0) is 19.2. The number of H-pyrrole nitrogens is 1. The predicted octanol–water partition coefficient (Wildman–Crippen LogP) is 2.17. The van der Waals surface area contributed by atoms with E-state index < -0.39 is 28.0 Å². The lowest BCUT2D eigenvalue weighted by Crippen LogP contribution is -2.41. The number of hydrogen-bond acceptors (Lipinski definition) is 5. The van der Waals surface area contributed by atoms with E-state index in [4.69, 9.17) is 0 Å². The van der Waals surface area contributed by atoms with Gasteiger partial charge in [-0.05, 0) is 18.6 Å². The van der Waals surface area contributed by atoms with Gasteiger partial charge in [-0.1, -0.05) is 0 Å². The van der Waals surface area contributed by atoms with E-state index in [9.17, 15) is 21.6 Å². The van der Waals surface area contributed by atoms with Crippen molar-refractivity contribution in [3.63, 3.8) is 0 Å². The number of pyridine rings is 2. The topological polar surface area (TPSA) is 91.0 Å². The fourth-order valence-electron chi connectivity index (χ4n) is 3.49. The molecule has 3 aromatic rings. The summed E-state index contributed by atoms with van der Waals surface area (Å²) in [6, 6.07) is 3.13. The second-order valence-corrected chi connectivity index (χ2v) is 8.27. The van der Waals surface area contributed by atoms with Crippen LogP contribution in [-0.2, 0) is 10.0 Å². The highest BCUT2D eigenvalue weighted by molar-refractivity contribution is 7.89. The molecule has 1 aliphatic rings. The van der Waals surface area contributed by atoms with Gasteiger partial charge in [0.25, 0.3) is 0 Å².